The zero-order valence-electron chi connectivity index (χ0n) is 11.5. The Morgan fingerprint density at radius 3 is 2.47 bits per heavy atom. The minimum Gasteiger partial charge on any atom is -0.493 e. The molecule has 0 heterocycles. The molecule has 0 spiro atoms. The van der Waals surface area contributed by atoms with Crippen LogP contribution < -0.4 is 14.8 Å². The molecule has 1 aromatic rings. The Morgan fingerprint density at radius 1 is 1.32 bits per heavy atom. The van der Waals surface area contributed by atoms with Crippen molar-refractivity contribution in [2.45, 2.75) is 6.10 Å². The molecule has 6 nitrogen and oxygen atoms in total. The van der Waals surface area contributed by atoms with Gasteiger partial charge in [-0.2, -0.15) is 0 Å². The number of ether oxygens (including phenoxy) is 3. The smallest absolute Gasteiger partial charge is 0.337 e. The third-order valence-corrected chi connectivity index (χ3v) is 2.69. The molecule has 0 amide bonds. The number of hydrogen-bond donors (Lipinski definition) is 2. The van der Waals surface area contributed by atoms with E-state index < -0.39 is 12.1 Å². The van der Waals surface area contributed by atoms with E-state index in [4.69, 9.17) is 9.47 Å². The molecule has 0 bridgehead atoms. The minimum atomic E-state index is -0.821. The number of nitrogens with one attached hydrogen (secondary N) is 1. The van der Waals surface area contributed by atoms with Gasteiger partial charge in [0.2, 0.25) is 0 Å². The van der Waals surface area contributed by atoms with Crippen LogP contribution in [0.1, 0.15) is 22.0 Å². The summed E-state index contributed by atoms with van der Waals surface area (Å²) in [5.41, 5.74) is 0.766. The van der Waals surface area contributed by atoms with Gasteiger partial charge in [0.25, 0.3) is 0 Å². The molecule has 106 valence electrons. The van der Waals surface area contributed by atoms with Crippen molar-refractivity contribution in [2.75, 3.05) is 34.9 Å². The second-order valence-electron chi connectivity index (χ2n) is 3.87. The highest BCUT2D eigenvalue weighted by molar-refractivity contribution is 5.90. The first-order chi connectivity index (χ1) is 9.08. The Morgan fingerprint density at radius 2 is 2.00 bits per heavy atom. The summed E-state index contributed by atoms with van der Waals surface area (Å²) in [5.74, 6) is 0.271. The molecular formula is C13H19NO5. The molecule has 0 aromatic heterocycles. The highest BCUT2D eigenvalue weighted by Gasteiger charge is 2.21. The number of benzene rings is 1. The summed E-state index contributed by atoms with van der Waals surface area (Å²) in [6, 6.07) is 3.05. The van der Waals surface area contributed by atoms with Crippen LogP contribution in [-0.4, -0.2) is 46.0 Å². The molecule has 1 aromatic carbocycles. The molecule has 0 saturated heterocycles. The first-order valence-corrected chi connectivity index (χ1v) is 5.75. The Balaban J connectivity index is 3.35. The molecule has 0 aliphatic carbocycles. The third-order valence-electron chi connectivity index (χ3n) is 2.69. The van der Waals surface area contributed by atoms with Gasteiger partial charge in [0.05, 0.1) is 33.0 Å². The van der Waals surface area contributed by atoms with Crippen LogP contribution in [0, 0.1) is 0 Å². The average molecular weight is 269 g/mol. The summed E-state index contributed by atoms with van der Waals surface area (Å²) in [7, 11) is 5.96. The maximum absolute atomic E-state index is 11.6. The summed E-state index contributed by atoms with van der Waals surface area (Å²) in [4.78, 5) is 11.6. The fourth-order valence-corrected chi connectivity index (χ4v) is 1.78. The highest BCUT2D eigenvalue weighted by atomic mass is 16.5. The normalized spacial score (nSPS) is 11.8. The Hall–Kier alpha value is -1.79. The van der Waals surface area contributed by atoms with E-state index >= 15 is 0 Å². The monoisotopic (exact) mass is 269 g/mol. The lowest BCUT2D eigenvalue weighted by molar-refractivity contribution is 0.0600. The van der Waals surface area contributed by atoms with Crippen LogP contribution in [0.5, 0.6) is 11.5 Å². The van der Waals surface area contributed by atoms with Gasteiger partial charge >= 0.3 is 5.97 Å². The van der Waals surface area contributed by atoms with E-state index in [-0.39, 0.29) is 0 Å². The average Bonchev–Trinajstić information content (AvgIpc) is 2.44. The lowest BCUT2D eigenvalue weighted by atomic mass is 10.0. The number of esters is 1. The van der Waals surface area contributed by atoms with Crippen molar-refractivity contribution in [3.63, 3.8) is 0 Å². The molecule has 0 aliphatic rings. The van der Waals surface area contributed by atoms with Gasteiger partial charge < -0.3 is 24.6 Å². The SMILES string of the molecule is CNCC(O)c1cc(C(=O)OC)cc(OC)c1OC. The van der Waals surface area contributed by atoms with Crippen molar-refractivity contribution in [2.24, 2.45) is 0 Å². The van der Waals surface area contributed by atoms with Gasteiger partial charge in [0.15, 0.2) is 11.5 Å². The van der Waals surface area contributed by atoms with Gasteiger partial charge in [-0.05, 0) is 19.2 Å². The molecular weight excluding hydrogens is 250 g/mol. The number of likely N-dealkylation sites (N-methyl/N-ethyl adjacent to an activating group) is 1. The van der Waals surface area contributed by atoms with Crippen LogP contribution >= 0.6 is 0 Å². The largest absolute Gasteiger partial charge is 0.493 e. The summed E-state index contributed by atoms with van der Waals surface area (Å²) in [5, 5.41) is 12.9. The molecule has 19 heavy (non-hydrogen) atoms. The Kier molecular flexibility index (Phi) is 5.59. The second kappa shape index (κ2) is 6.96. The van der Waals surface area contributed by atoms with Gasteiger partial charge in [-0.1, -0.05) is 0 Å². The fourth-order valence-electron chi connectivity index (χ4n) is 1.78. The Bertz CT molecular complexity index is 447. The van der Waals surface area contributed by atoms with Crippen LogP contribution in [0.3, 0.4) is 0 Å². The number of aliphatic hydroxyl groups is 1. The van der Waals surface area contributed by atoms with Crippen molar-refractivity contribution < 1.29 is 24.1 Å². The van der Waals surface area contributed by atoms with Gasteiger partial charge in [0.1, 0.15) is 0 Å². The molecule has 1 unspecified atom stereocenters. The number of hydrogen-bond acceptors (Lipinski definition) is 6. The van der Waals surface area contributed by atoms with Crippen molar-refractivity contribution in [1.29, 1.82) is 0 Å². The maximum atomic E-state index is 11.6. The van der Waals surface area contributed by atoms with Gasteiger partial charge in [0, 0.05) is 12.1 Å². The predicted molar refractivity (Wildman–Crippen MR) is 69.8 cm³/mol. The van der Waals surface area contributed by atoms with Crippen LogP contribution in [0.2, 0.25) is 0 Å². The van der Waals surface area contributed by atoms with Crippen molar-refractivity contribution in [3.05, 3.63) is 23.3 Å². The second-order valence-corrected chi connectivity index (χ2v) is 3.87. The summed E-state index contributed by atoms with van der Waals surface area (Å²) in [6.45, 7) is 0.324. The van der Waals surface area contributed by atoms with E-state index in [0.29, 0.717) is 29.2 Å². The van der Waals surface area contributed by atoms with Gasteiger partial charge in [-0.25, -0.2) is 4.79 Å². The topological polar surface area (TPSA) is 77.0 Å². The van der Waals surface area contributed by atoms with E-state index in [2.05, 4.69) is 10.1 Å². The summed E-state index contributed by atoms with van der Waals surface area (Å²) >= 11 is 0. The lowest BCUT2D eigenvalue weighted by Crippen LogP contribution is -2.18. The van der Waals surface area contributed by atoms with E-state index in [0.717, 1.165) is 0 Å². The summed E-state index contributed by atoms with van der Waals surface area (Å²) in [6.07, 6.45) is -0.821. The van der Waals surface area contributed by atoms with Crippen molar-refractivity contribution in [3.8, 4) is 11.5 Å². The fraction of sp³-hybridized carbons (Fsp3) is 0.462. The van der Waals surface area contributed by atoms with E-state index in [1.54, 1.807) is 7.05 Å². The first kappa shape index (κ1) is 15.3. The maximum Gasteiger partial charge on any atom is 0.337 e. The summed E-state index contributed by atoms with van der Waals surface area (Å²) < 4.78 is 15.1. The molecule has 0 fully saturated rings. The van der Waals surface area contributed by atoms with Crippen LogP contribution in [0.25, 0.3) is 0 Å². The number of methoxy groups -OCH3 is 3. The van der Waals surface area contributed by atoms with Crippen molar-refractivity contribution >= 4 is 5.97 Å². The van der Waals surface area contributed by atoms with Gasteiger partial charge in [-0.3, -0.25) is 0 Å². The molecule has 0 radical (unpaired) electrons. The molecule has 0 saturated carbocycles. The number of carbonyl (C=O) groups is 1. The molecule has 2 N–H and O–H groups in total. The lowest BCUT2D eigenvalue weighted by Gasteiger charge is -2.18. The van der Waals surface area contributed by atoms with E-state index in [1.165, 1.54) is 33.5 Å². The predicted octanol–water partition coefficient (Wildman–Crippen LogP) is 0.743. The quantitative estimate of drug-likeness (QED) is 0.742. The molecule has 0 aliphatic heterocycles. The van der Waals surface area contributed by atoms with E-state index in [9.17, 15) is 9.90 Å². The molecule has 6 heteroatoms. The van der Waals surface area contributed by atoms with Crippen LogP contribution in [0.15, 0.2) is 12.1 Å². The van der Waals surface area contributed by atoms with Crippen LogP contribution in [0.4, 0.5) is 0 Å². The minimum absolute atomic E-state index is 0.297. The van der Waals surface area contributed by atoms with Crippen molar-refractivity contribution in [1.82, 2.24) is 5.32 Å². The molecule has 1 rings (SSSR count). The van der Waals surface area contributed by atoms with E-state index in [1.807, 2.05) is 0 Å². The number of carbonyl (C=O) groups excluding carboxylic acids is 1. The molecule has 1 atom stereocenters. The number of rotatable bonds is 6. The third kappa shape index (κ3) is 3.36. The van der Waals surface area contributed by atoms with Gasteiger partial charge in [-0.15, -0.1) is 0 Å². The zero-order valence-corrected chi connectivity index (χ0v) is 11.5. The standard InChI is InChI=1S/C13H19NO5/c1-14-7-10(15)9-5-8(13(16)19-4)6-11(17-2)12(9)18-3/h5-6,10,14-15H,7H2,1-4H3. The number of aliphatic hydroxyl groups excluding tert-OH is 1. The Labute approximate surface area is 112 Å². The zero-order chi connectivity index (χ0) is 14.4. The van der Waals surface area contributed by atoms with Crippen LogP contribution in [-0.2, 0) is 4.74 Å². The first-order valence-electron chi connectivity index (χ1n) is 5.75. The highest BCUT2D eigenvalue weighted by Crippen LogP contribution is 2.36.